The maximum atomic E-state index is 5.85. The number of nitrogens with two attached hydrogens (primary N) is 2. The molecule has 4 heteroatoms. The van der Waals surface area contributed by atoms with Crippen LogP contribution in [0.25, 0.3) is 10.1 Å². The molecule has 0 amide bonds. The SMILES string of the molecule is CSc1cc2cc(N)cc(N)c2s1. The Balaban J connectivity index is 2.75. The number of nitrogen functional groups attached to an aromatic ring is 2. The van der Waals surface area contributed by atoms with E-state index in [1.165, 1.54) is 4.21 Å². The summed E-state index contributed by atoms with van der Waals surface area (Å²) in [5.74, 6) is 0. The van der Waals surface area contributed by atoms with Crippen LogP contribution in [-0.4, -0.2) is 6.26 Å². The molecule has 0 fully saturated rings. The van der Waals surface area contributed by atoms with Gasteiger partial charge in [-0.25, -0.2) is 0 Å². The van der Waals surface area contributed by atoms with Crippen LogP contribution in [0, 0.1) is 0 Å². The van der Waals surface area contributed by atoms with Gasteiger partial charge in [0.1, 0.15) is 0 Å². The summed E-state index contributed by atoms with van der Waals surface area (Å²) in [6, 6.07) is 5.89. The quantitative estimate of drug-likeness (QED) is 0.562. The molecule has 13 heavy (non-hydrogen) atoms. The number of hydrogen-bond acceptors (Lipinski definition) is 4. The van der Waals surface area contributed by atoms with Crippen LogP contribution in [0.1, 0.15) is 0 Å². The summed E-state index contributed by atoms with van der Waals surface area (Å²) >= 11 is 3.45. The molecule has 68 valence electrons. The van der Waals surface area contributed by atoms with Gasteiger partial charge in [-0.3, -0.25) is 0 Å². The molecule has 1 aromatic heterocycles. The highest BCUT2D eigenvalue weighted by molar-refractivity contribution is 8.00. The van der Waals surface area contributed by atoms with Crippen LogP contribution in [0.4, 0.5) is 11.4 Å². The molecule has 2 aromatic rings. The molecule has 0 aliphatic rings. The van der Waals surface area contributed by atoms with E-state index >= 15 is 0 Å². The number of thioether (sulfide) groups is 1. The van der Waals surface area contributed by atoms with Gasteiger partial charge in [-0.2, -0.15) is 0 Å². The summed E-state index contributed by atoms with van der Waals surface area (Å²) in [5, 5.41) is 1.15. The summed E-state index contributed by atoms with van der Waals surface area (Å²) in [5.41, 5.74) is 13.0. The summed E-state index contributed by atoms with van der Waals surface area (Å²) in [6.45, 7) is 0. The van der Waals surface area contributed by atoms with Gasteiger partial charge in [-0.15, -0.1) is 23.1 Å². The second-order valence-electron chi connectivity index (χ2n) is 2.80. The van der Waals surface area contributed by atoms with Gasteiger partial charge in [0.25, 0.3) is 0 Å². The third kappa shape index (κ3) is 1.47. The van der Waals surface area contributed by atoms with Crippen molar-refractivity contribution in [1.29, 1.82) is 0 Å². The van der Waals surface area contributed by atoms with Crippen LogP contribution < -0.4 is 11.5 Å². The van der Waals surface area contributed by atoms with Crippen molar-refractivity contribution in [2.24, 2.45) is 0 Å². The molecule has 1 heterocycles. The normalized spacial score (nSPS) is 10.8. The van der Waals surface area contributed by atoms with Gasteiger partial charge in [0.05, 0.1) is 14.6 Å². The Labute approximate surface area is 84.9 Å². The maximum absolute atomic E-state index is 5.85. The first-order valence-electron chi connectivity index (χ1n) is 3.83. The van der Waals surface area contributed by atoms with Crippen molar-refractivity contribution in [3.05, 3.63) is 18.2 Å². The molecule has 0 atom stereocenters. The number of hydrogen-bond donors (Lipinski definition) is 2. The lowest BCUT2D eigenvalue weighted by molar-refractivity contribution is 1.73. The summed E-state index contributed by atoms with van der Waals surface area (Å²) in [4.78, 5) is 0. The Morgan fingerprint density at radius 3 is 2.69 bits per heavy atom. The number of benzene rings is 1. The molecule has 0 saturated carbocycles. The van der Waals surface area contributed by atoms with E-state index in [1.54, 1.807) is 23.1 Å². The minimum atomic E-state index is 0.732. The monoisotopic (exact) mass is 210 g/mol. The third-order valence-electron chi connectivity index (χ3n) is 1.85. The smallest absolute Gasteiger partial charge is 0.0609 e. The maximum Gasteiger partial charge on any atom is 0.0609 e. The molecule has 0 unspecified atom stereocenters. The Kier molecular flexibility index (Phi) is 2.09. The zero-order valence-corrected chi connectivity index (χ0v) is 8.84. The van der Waals surface area contributed by atoms with E-state index in [9.17, 15) is 0 Å². The Bertz CT molecular complexity index is 448. The molecule has 0 radical (unpaired) electrons. The first kappa shape index (κ1) is 8.72. The second-order valence-corrected chi connectivity index (χ2v) is 4.96. The van der Waals surface area contributed by atoms with Gasteiger partial charge in [0.15, 0.2) is 0 Å². The molecule has 1 aromatic carbocycles. The highest BCUT2D eigenvalue weighted by atomic mass is 32.2. The van der Waals surface area contributed by atoms with Gasteiger partial charge < -0.3 is 11.5 Å². The Morgan fingerprint density at radius 2 is 2.00 bits per heavy atom. The number of rotatable bonds is 1. The van der Waals surface area contributed by atoms with E-state index in [4.69, 9.17) is 11.5 Å². The van der Waals surface area contributed by atoms with Crippen molar-refractivity contribution in [3.63, 3.8) is 0 Å². The molecule has 0 spiro atoms. The third-order valence-corrected chi connectivity index (χ3v) is 4.11. The Morgan fingerprint density at radius 1 is 1.23 bits per heavy atom. The lowest BCUT2D eigenvalue weighted by Gasteiger charge is -1.97. The number of fused-ring (bicyclic) bond motifs is 1. The van der Waals surface area contributed by atoms with Crippen molar-refractivity contribution in [2.45, 2.75) is 4.21 Å². The van der Waals surface area contributed by atoms with E-state index < -0.39 is 0 Å². The fourth-order valence-corrected chi connectivity index (χ4v) is 2.91. The van der Waals surface area contributed by atoms with Crippen molar-refractivity contribution >= 4 is 44.6 Å². The van der Waals surface area contributed by atoms with E-state index in [1.807, 2.05) is 12.1 Å². The summed E-state index contributed by atoms with van der Waals surface area (Å²) in [6.07, 6.45) is 2.06. The molecule has 2 nitrogen and oxygen atoms in total. The van der Waals surface area contributed by atoms with E-state index in [0.717, 1.165) is 21.5 Å². The van der Waals surface area contributed by atoms with Crippen molar-refractivity contribution in [1.82, 2.24) is 0 Å². The lowest BCUT2D eigenvalue weighted by Crippen LogP contribution is -1.88. The van der Waals surface area contributed by atoms with E-state index in [2.05, 4.69) is 12.3 Å². The first-order valence-corrected chi connectivity index (χ1v) is 5.87. The largest absolute Gasteiger partial charge is 0.399 e. The first-order chi connectivity index (χ1) is 6.20. The van der Waals surface area contributed by atoms with E-state index in [-0.39, 0.29) is 0 Å². The highest BCUT2D eigenvalue weighted by Gasteiger charge is 2.04. The Hall–Kier alpha value is -0.870. The lowest BCUT2D eigenvalue weighted by atomic mass is 10.2. The molecule has 4 N–H and O–H groups in total. The van der Waals surface area contributed by atoms with Gasteiger partial charge in [0, 0.05) is 5.69 Å². The average Bonchev–Trinajstić information content (AvgIpc) is 2.47. The van der Waals surface area contributed by atoms with Crippen LogP contribution in [-0.2, 0) is 0 Å². The van der Waals surface area contributed by atoms with Gasteiger partial charge >= 0.3 is 0 Å². The number of anilines is 2. The predicted octanol–water partition coefficient (Wildman–Crippen LogP) is 2.79. The van der Waals surface area contributed by atoms with Crippen LogP contribution >= 0.6 is 23.1 Å². The molecule has 2 rings (SSSR count). The van der Waals surface area contributed by atoms with Crippen molar-refractivity contribution < 1.29 is 0 Å². The van der Waals surface area contributed by atoms with Crippen LogP contribution in [0.3, 0.4) is 0 Å². The molecule has 0 aliphatic carbocycles. The average molecular weight is 210 g/mol. The zero-order valence-electron chi connectivity index (χ0n) is 7.20. The predicted molar refractivity (Wildman–Crippen MR) is 62.4 cm³/mol. The van der Waals surface area contributed by atoms with E-state index in [0.29, 0.717) is 0 Å². The van der Waals surface area contributed by atoms with Crippen molar-refractivity contribution in [3.8, 4) is 0 Å². The minimum Gasteiger partial charge on any atom is -0.399 e. The fourth-order valence-electron chi connectivity index (χ4n) is 1.28. The zero-order chi connectivity index (χ0) is 9.42. The van der Waals surface area contributed by atoms with Crippen molar-refractivity contribution in [2.75, 3.05) is 17.7 Å². The van der Waals surface area contributed by atoms with Crippen LogP contribution in [0.5, 0.6) is 0 Å². The topological polar surface area (TPSA) is 52.0 Å². The summed E-state index contributed by atoms with van der Waals surface area (Å²) in [7, 11) is 0. The van der Waals surface area contributed by atoms with Gasteiger partial charge in [0.2, 0.25) is 0 Å². The molecular weight excluding hydrogens is 200 g/mol. The molecule has 0 aliphatic heterocycles. The second kappa shape index (κ2) is 3.12. The van der Waals surface area contributed by atoms with Gasteiger partial charge in [-0.1, -0.05) is 0 Å². The standard InChI is InChI=1S/C9H10N2S2/c1-12-8-3-5-2-6(10)4-7(11)9(5)13-8/h2-4H,10-11H2,1H3. The molecule has 0 saturated heterocycles. The summed E-state index contributed by atoms with van der Waals surface area (Å²) < 4.78 is 2.41. The van der Waals surface area contributed by atoms with Gasteiger partial charge in [-0.05, 0) is 29.8 Å². The molecule has 0 bridgehead atoms. The number of thiophene rings is 1. The fraction of sp³-hybridized carbons (Fsp3) is 0.111. The molecular formula is C9H10N2S2. The minimum absolute atomic E-state index is 0.732. The van der Waals surface area contributed by atoms with Crippen LogP contribution in [0.2, 0.25) is 0 Å². The highest BCUT2D eigenvalue weighted by Crippen LogP contribution is 2.36. The van der Waals surface area contributed by atoms with Crippen LogP contribution in [0.15, 0.2) is 22.4 Å².